The van der Waals surface area contributed by atoms with Gasteiger partial charge in [-0.25, -0.2) is 4.79 Å². The Balaban J connectivity index is 1.79. The zero-order chi connectivity index (χ0) is 21.3. The molecule has 1 aliphatic heterocycles. The topological polar surface area (TPSA) is 66.8 Å². The van der Waals surface area contributed by atoms with Crippen LogP contribution in [0.25, 0.3) is 16.8 Å². The molecule has 0 aromatic heterocycles. The van der Waals surface area contributed by atoms with Crippen molar-refractivity contribution in [1.82, 2.24) is 4.90 Å². The first-order valence-corrected chi connectivity index (χ1v) is 10.3. The molecule has 0 bridgehead atoms. The summed E-state index contributed by atoms with van der Waals surface area (Å²) in [7, 11) is 1.57. The number of nitrogens with zero attached hydrogens (tertiary/aromatic N) is 1. The second-order valence-electron chi connectivity index (χ2n) is 6.61. The van der Waals surface area contributed by atoms with Crippen molar-refractivity contribution in [2.45, 2.75) is 6.04 Å². The van der Waals surface area contributed by atoms with E-state index in [1.807, 2.05) is 36.4 Å². The number of ether oxygens (including phenoxy) is 1. The molecule has 1 fully saturated rings. The molecule has 3 aromatic carbocycles. The van der Waals surface area contributed by atoms with E-state index < -0.39 is 17.9 Å². The maximum atomic E-state index is 13.2. The highest BCUT2D eigenvalue weighted by Gasteiger charge is 2.41. The van der Waals surface area contributed by atoms with Crippen molar-refractivity contribution in [3.63, 3.8) is 0 Å². The Morgan fingerprint density at radius 2 is 1.80 bits per heavy atom. The number of thiocarbonyl (C=S) groups is 1. The third-order valence-electron chi connectivity index (χ3n) is 4.86. The first kappa shape index (κ1) is 20.1. The average molecular weight is 436 g/mol. The number of methoxy groups -OCH3 is 1. The zero-order valence-corrected chi connectivity index (χ0v) is 17.6. The predicted octanol–water partition coefficient (Wildman–Crippen LogP) is 4.88. The van der Waals surface area contributed by atoms with E-state index in [-0.39, 0.29) is 4.32 Å². The van der Waals surface area contributed by atoms with E-state index in [9.17, 15) is 14.7 Å². The van der Waals surface area contributed by atoms with Gasteiger partial charge in [0.15, 0.2) is 6.04 Å². The van der Waals surface area contributed by atoms with Gasteiger partial charge in [0.2, 0.25) is 0 Å². The maximum Gasteiger partial charge on any atom is 0.331 e. The van der Waals surface area contributed by atoms with E-state index in [1.54, 1.807) is 43.5 Å². The number of carboxylic acid groups (broad SMARTS) is 1. The van der Waals surface area contributed by atoms with Gasteiger partial charge in [-0.1, -0.05) is 84.6 Å². The van der Waals surface area contributed by atoms with Crippen LogP contribution < -0.4 is 4.74 Å². The number of aliphatic carboxylic acids is 1. The molecule has 0 aliphatic carbocycles. The Labute approximate surface area is 183 Å². The second kappa shape index (κ2) is 8.30. The van der Waals surface area contributed by atoms with Crippen molar-refractivity contribution >= 4 is 57.0 Å². The summed E-state index contributed by atoms with van der Waals surface area (Å²) < 4.78 is 5.71. The van der Waals surface area contributed by atoms with Gasteiger partial charge in [0.25, 0.3) is 5.91 Å². The average Bonchev–Trinajstić information content (AvgIpc) is 3.02. The molecular weight excluding hydrogens is 418 g/mol. The van der Waals surface area contributed by atoms with Gasteiger partial charge in [-0.2, -0.15) is 0 Å². The first-order valence-electron chi connectivity index (χ1n) is 9.12. The fraction of sp³-hybridized carbons (Fsp3) is 0.0870. The van der Waals surface area contributed by atoms with Crippen molar-refractivity contribution < 1.29 is 19.4 Å². The first-order chi connectivity index (χ1) is 14.5. The van der Waals surface area contributed by atoms with E-state index in [4.69, 9.17) is 17.0 Å². The largest absolute Gasteiger partial charge is 0.496 e. The minimum atomic E-state index is -1.18. The number of thioether (sulfide) groups is 1. The van der Waals surface area contributed by atoms with Crippen LogP contribution in [0.15, 0.2) is 71.6 Å². The number of carbonyl (C=O) groups is 2. The van der Waals surface area contributed by atoms with Crippen molar-refractivity contribution in [2.24, 2.45) is 0 Å². The van der Waals surface area contributed by atoms with Crippen LogP contribution in [0.5, 0.6) is 5.75 Å². The van der Waals surface area contributed by atoms with Crippen molar-refractivity contribution in [3.05, 3.63) is 82.8 Å². The monoisotopic (exact) mass is 435 g/mol. The molecule has 1 N–H and O–H groups in total. The summed E-state index contributed by atoms with van der Waals surface area (Å²) in [6.07, 6.45) is 1.73. The molecular formula is C23H17NO4S2. The summed E-state index contributed by atoms with van der Waals surface area (Å²) >= 11 is 6.49. The molecule has 0 spiro atoms. The summed E-state index contributed by atoms with van der Waals surface area (Å²) in [5, 5.41) is 11.8. The van der Waals surface area contributed by atoms with Crippen LogP contribution in [0.3, 0.4) is 0 Å². The Morgan fingerprint density at radius 3 is 2.50 bits per heavy atom. The van der Waals surface area contributed by atoms with E-state index in [1.165, 1.54) is 4.90 Å². The minimum Gasteiger partial charge on any atom is -0.496 e. The Kier molecular flexibility index (Phi) is 5.57. The van der Waals surface area contributed by atoms with Crippen LogP contribution >= 0.6 is 24.0 Å². The minimum absolute atomic E-state index is 0.210. The molecule has 3 aromatic rings. The van der Waals surface area contributed by atoms with Gasteiger partial charge in [-0.15, -0.1) is 0 Å². The number of fused-ring (bicyclic) bond motifs is 1. The fourth-order valence-corrected chi connectivity index (χ4v) is 4.77. The number of carbonyl (C=O) groups excluding carboxylic acids is 1. The highest BCUT2D eigenvalue weighted by Crippen LogP contribution is 2.40. The van der Waals surface area contributed by atoms with E-state index >= 15 is 0 Å². The zero-order valence-electron chi connectivity index (χ0n) is 15.9. The lowest BCUT2D eigenvalue weighted by molar-refractivity contribution is -0.145. The summed E-state index contributed by atoms with van der Waals surface area (Å²) in [5.41, 5.74) is 1.24. The lowest BCUT2D eigenvalue weighted by Crippen LogP contribution is -2.37. The van der Waals surface area contributed by atoms with Gasteiger partial charge < -0.3 is 9.84 Å². The lowest BCUT2D eigenvalue weighted by atomic mass is 10.0. The number of rotatable bonds is 5. The van der Waals surface area contributed by atoms with Crippen LogP contribution in [0, 0.1) is 0 Å². The third-order valence-corrected chi connectivity index (χ3v) is 6.19. The van der Waals surface area contributed by atoms with Crippen LogP contribution in [0.1, 0.15) is 17.2 Å². The molecule has 1 unspecified atom stereocenters. The molecule has 150 valence electrons. The molecule has 5 nitrogen and oxygen atoms in total. The molecule has 4 rings (SSSR count). The standard InChI is InChI=1S/C23H17NO4S2/c1-28-18-12-11-14-7-5-6-10-16(14)17(18)13-19-21(25)24(23(29)30-19)20(22(26)27)15-8-3-2-4-9-15/h2-13,20H,1H3,(H,26,27)/b19-13+. The molecule has 30 heavy (non-hydrogen) atoms. The van der Waals surface area contributed by atoms with Crippen LogP contribution in [0.4, 0.5) is 0 Å². The summed E-state index contributed by atoms with van der Waals surface area (Å²) in [6.45, 7) is 0. The molecule has 0 radical (unpaired) electrons. The van der Waals surface area contributed by atoms with Gasteiger partial charge in [0.05, 0.1) is 12.0 Å². The van der Waals surface area contributed by atoms with Gasteiger partial charge in [0, 0.05) is 5.56 Å². The molecule has 1 heterocycles. The highest BCUT2D eigenvalue weighted by molar-refractivity contribution is 8.26. The van der Waals surface area contributed by atoms with E-state index in [2.05, 4.69) is 0 Å². The fourth-order valence-electron chi connectivity index (χ4n) is 3.47. The number of amides is 1. The molecule has 1 atom stereocenters. The van der Waals surface area contributed by atoms with Crippen molar-refractivity contribution in [3.8, 4) is 5.75 Å². The Hall–Kier alpha value is -3.16. The molecule has 1 aliphatic rings. The highest BCUT2D eigenvalue weighted by atomic mass is 32.2. The summed E-state index contributed by atoms with van der Waals surface area (Å²) in [4.78, 5) is 26.8. The number of hydrogen-bond acceptors (Lipinski definition) is 5. The van der Waals surface area contributed by atoms with Crippen molar-refractivity contribution in [1.29, 1.82) is 0 Å². The van der Waals surface area contributed by atoms with Crippen LogP contribution in [-0.2, 0) is 9.59 Å². The van der Waals surface area contributed by atoms with Gasteiger partial charge in [0.1, 0.15) is 10.1 Å². The van der Waals surface area contributed by atoms with Crippen LogP contribution in [-0.4, -0.2) is 33.3 Å². The van der Waals surface area contributed by atoms with E-state index in [0.29, 0.717) is 16.2 Å². The maximum absolute atomic E-state index is 13.2. The quantitative estimate of drug-likeness (QED) is 0.455. The van der Waals surface area contributed by atoms with E-state index in [0.717, 1.165) is 28.1 Å². The van der Waals surface area contributed by atoms with Gasteiger partial charge in [-0.05, 0) is 28.5 Å². The third kappa shape index (κ3) is 3.58. The molecule has 7 heteroatoms. The van der Waals surface area contributed by atoms with Gasteiger partial charge >= 0.3 is 5.97 Å². The second-order valence-corrected chi connectivity index (χ2v) is 8.28. The molecule has 1 amide bonds. The number of hydrogen-bond donors (Lipinski definition) is 1. The normalized spacial score (nSPS) is 16.3. The summed E-state index contributed by atoms with van der Waals surface area (Å²) in [5.74, 6) is -0.949. The predicted molar refractivity (Wildman–Crippen MR) is 122 cm³/mol. The van der Waals surface area contributed by atoms with Crippen LogP contribution in [0.2, 0.25) is 0 Å². The van der Waals surface area contributed by atoms with Crippen molar-refractivity contribution in [2.75, 3.05) is 7.11 Å². The molecule has 0 saturated carbocycles. The Bertz CT molecular complexity index is 1190. The number of carboxylic acids is 1. The number of benzene rings is 3. The Morgan fingerprint density at radius 1 is 1.10 bits per heavy atom. The SMILES string of the molecule is COc1ccc2ccccc2c1/C=C1/SC(=S)N(C(C(=O)O)c2ccccc2)C1=O. The molecule has 1 saturated heterocycles. The smallest absolute Gasteiger partial charge is 0.331 e. The lowest BCUT2D eigenvalue weighted by Gasteiger charge is -2.23. The van der Waals surface area contributed by atoms with Gasteiger partial charge in [-0.3, -0.25) is 9.69 Å². The summed E-state index contributed by atoms with van der Waals surface area (Å²) in [6, 6.07) is 19.0.